The summed E-state index contributed by atoms with van der Waals surface area (Å²) in [4.78, 5) is 0. The van der Waals surface area contributed by atoms with Gasteiger partial charge < -0.3 is 20.4 Å². The number of alkyl halides is 3. The van der Waals surface area contributed by atoms with Crippen LogP contribution in [0.5, 0.6) is 11.5 Å². The zero-order valence-electron chi connectivity index (χ0n) is 10.0. The first kappa shape index (κ1) is 14.9. The lowest BCUT2D eigenvalue weighted by Crippen LogP contribution is -2.40. The molecule has 1 unspecified atom stereocenters. The molecule has 19 heavy (non-hydrogen) atoms. The Bertz CT molecular complexity index is 449. The third-order valence-corrected chi connectivity index (χ3v) is 2.34. The topological polar surface area (TPSA) is 77.1 Å². The molecule has 0 aliphatic heterocycles. The quantitative estimate of drug-likeness (QED) is 0.374. The minimum atomic E-state index is -4.67. The Morgan fingerprint density at radius 3 is 2.42 bits per heavy atom. The molecule has 0 amide bonds. The Hall–Kier alpha value is -2.12. The fourth-order valence-electron chi connectivity index (χ4n) is 1.33. The first-order valence-electron chi connectivity index (χ1n) is 5.20. The summed E-state index contributed by atoms with van der Waals surface area (Å²) in [5.74, 6) is -2.71. The fourth-order valence-corrected chi connectivity index (χ4v) is 1.33. The molecule has 0 bridgehead atoms. The molecule has 1 rings (SSSR count). The van der Waals surface area contributed by atoms with Gasteiger partial charge in [0, 0.05) is 0 Å². The van der Waals surface area contributed by atoms with Crippen LogP contribution in [-0.2, 0) is 0 Å². The number of halogens is 3. The van der Waals surface area contributed by atoms with Gasteiger partial charge in [-0.05, 0) is 12.1 Å². The predicted octanol–water partition coefficient (Wildman–Crippen LogP) is 2.00. The molecule has 0 aliphatic carbocycles. The normalized spacial score (nSPS) is 14.0. The van der Waals surface area contributed by atoms with Gasteiger partial charge in [-0.15, -0.1) is 0 Å². The zero-order valence-corrected chi connectivity index (χ0v) is 10.0. The van der Waals surface area contributed by atoms with E-state index in [1.54, 1.807) is 18.2 Å². The van der Waals surface area contributed by atoms with Gasteiger partial charge in [-0.2, -0.15) is 13.2 Å². The second kappa shape index (κ2) is 6.17. The van der Waals surface area contributed by atoms with Crippen LogP contribution < -0.4 is 15.2 Å². The average Bonchev–Trinajstić information content (AvgIpc) is 2.37. The standard InChI is InChI=1S/C11H13F3N2O3/c1-18-8-4-2-3-5-9(8)19-6-7(10(15)16-17)11(12,13)14/h2-5,7,17H,6H2,1H3,(H2,15,16). The van der Waals surface area contributed by atoms with E-state index in [2.05, 4.69) is 5.16 Å². The maximum absolute atomic E-state index is 12.7. The number of oxime groups is 1. The summed E-state index contributed by atoms with van der Waals surface area (Å²) < 4.78 is 47.9. The summed E-state index contributed by atoms with van der Waals surface area (Å²) in [6.45, 7) is -0.806. The van der Waals surface area contributed by atoms with Crippen LogP contribution in [0.4, 0.5) is 13.2 Å². The van der Waals surface area contributed by atoms with Crippen LogP contribution in [0, 0.1) is 5.92 Å². The number of rotatable bonds is 5. The lowest BCUT2D eigenvalue weighted by atomic mass is 10.1. The molecular weight excluding hydrogens is 265 g/mol. The third kappa shape index (κ3) is 3.94. The summed E-state index contributed by atoms with van der Waals surface area (Å²) in [5, 5.41) is 10.7. The molecule has 5 nitrogen and oxygen atoms in total. The molecule has 0 aromatic heterocycles. The van der Waals surface area contributed by atoms with Crippen molar-refractivity contribution < 1.29 is 27.9 Å². The van der Waals surface area contributed by atoms with Crippen LogP contribution in [0.3, 0.4) is 0 Å². The molecule has 8 heteroatoms. The van der Waals surface area contributed by atoms with Crippen molar-refractivity contribution in [3.63, 3.8) is 0 Å². The second-order valence-corrected chi connectivity index (χ2v) is 3.58. The number of amidine groups is 1. The van der Waals surface area contributed by atoms with Gasteiger partial charge in [0.05, 0.1) is 7.11 Å². The highest BCUT2D eigenvalue weighted by molar-refractivity contribution is 5.83. The maximum atomic E-state index is 12.7. The Balaban J connectivity index is 2.82. The summed E-state index contributed by atoms with van der Waals surface area (Å²) in [6, 6.07) is 6.24. The van der Waals surface area contributed by atoms with Crippen LogP contribution in [0.25, 0.3) is 0 Å². The summed E-state index contributed by atoms with van der Waals surface area (Å²) in [7, 11) is 1.37. The second-order valence-electron chi connectivity index (χ2n) is 3.58. The van der Waals surface area contributed by atoms with Gasteiger partial charge >= 0.3 is 6.18 Å². The molecule has 0 saturated carbocycles. The number of hydrogen-bond donors (Lipinski definition) is 2. The molecule has 0 fully saturated rings. The Morgan fingerprint density at radius 2 is 1.95 bits per heavy atom. The number of para-hydroxylation sites is 2. The van der Waals surface area contributed by atoms with E-state index in [1.807, 2.05) is 0 Å². The Labute approximate surface area is 107 Å². The highest BCUT2D eigenvalue weighted by Crippen LogP contribution is 2.30. The van der Waals surface area contributed by atoms with Gasteiger partial charge in [0.15, 0.2) is 17.3 Å². The summed E-state index contributed by atoms with van der Waals surface area (Å²) in [6.07, 6.45) is -4.67. The van der Waals surface area contributed by atoms with Crippen LogP contribution in [-0.4, -0.2) is 30.9 Å². The lowest BCUT2D eigenvalue weighted by Gasteiger charge is -2.19. The van der Waals surface area contributed by atoms with Gasteiger partial charge in [-0.1, -0.05) is 17.3 Å². The molecule has 106 valence electrons. The van der Waals surface area contributed by atoms with Crippen molar-refractivity contribution in [1.29, 1.82) is 0 Å². The van der Waals surface area contributed by atoms with Crippen molar-refractivity contribution in [2.45, 2.75) is 6.18 Å². The highest BCUT2D eigenvalue weighted by atomic mass is 19.4. The molecule has 0 radical (unpaired) electrons. The largest absolute Gasteiger partial charge is 0.493 e. The molecule has 0 spiro atoms. The monoisotopic (exact) mass is 278 g/mol. The molecule has 0 heterocycles. The van der Waals surface area contributed by atoms with E-state index in [4.69, 9.17) is 20.4 Å². The van der Waals surface area contributed by atoms with Crippen LogP contribution in [0.15, 0.2) is 29.4 Å². The smallest absolute Gasteiger partial charge is 0.402 e. The van der Waals surface area contributed by atoms with Crippen molar-refractivity contribution in [1.82, 2.24) is 0 Å². The van der Waals surface area contributed by atoms with Crippen LogP contribution in [0.1, 0.15) is 0 Å². The number of nitrogens with two attached hydrogens (primary N) is 1. The van der Waals surface area contributed by atoms with E-state index in [0.717, 1.165) is 0 Å². The number of methoxy groups -OCH3 is 1. The molecule has 1 aromatic rings. The van der Waals surface area contributed by atoms with Gasteiger partial charge in [0.2, 0.25) is 0 Å². The van der Waals surface area contributed by atoms with Crippen molar-refractivity contribution in [2.75, 3.05) is 13.7 Å². The van der Waals surface area contributed by atoms with E-state index < -0.39 is 24.5 Å². The Morgan fingerprint density at radius 1 is 1.37 bits per heavy atom. The minimum Gasteiger partial charge on any atom is -0.493 e. The van der Waals surface area contributed by atoms with Crippen molar-refractivity contribution >= 4 is 5.84 Å². The predicted molar refractivity (Wildman–Crippen MR) is 61.4 cm³/mol. The zero-order chi connectivity index (χ0) is 14.5. The lowest BCUT2D eigenvalue weighted by molar-refractivity contribution is -0.162. The molecule has 1 atom stereocenters. The molecule has 1 aromatic carbocycles. The summed E-state index contributed by atoms with van der Waals surface area (Å²) >= 11 is 0. The van der Waals surface area contributed by atoms with Crippen molar-refractivity contribution in [3.05, 3.63) is 24.3 Å². The molecule has 3 N–H and O–H groups in total. The highest BCUT2D eigenvalue weighted by Gasteiger charge is 2.43. The average molecular weight is 278 g/mol. The molecule has 0 aliphatic rings. The van der Waals surface area contributed by atoms with E-state index in [0.29, 0.717) is 5.75 Å². The van der Waals surface area contributed by atoms with Crippen molar-refractivity contribution in [2.24, 2.45) is 16.8 Å². The van der Waals surface area contributed by atoms with E-state index in [9.17, 15) is 13.2 Å². The van der Waals surface area contributed by atoms with E-state index >= 15 is 0 Å². The van der Waals surface area contributed by atoms with Gasteiger partial charge in [0.1, 0.15) is 12.5 Å². The molecule has 0 saturated heterocycles. The summed E-state index contributed by atoms with van der Waals surface area (Å²) in [5.41, 5.74) is 5.01. The van der Waals surface area contributed by atoms with Gasteiger partial charge in [0.25, 0.3) is 0 Å². The van der Waals surface area contributed by atoms with E-state index in [1.165, 1.54) is 13.2 Å². The third-order valence-electron chi connectivity index (χ3n) is 2.34. The number of benzene rings is 1. The van der Waals surface area contributed by atoms with Crippen molar-refractivity contribution in [3.8, 4) is 11.5 Å². The SMILES string of the molecule is COc1ccccc1OCC(/C(N)=N/O)C(F)(F)F. The van der Waals surface area contributed by atoms with Crippen LogP contribution in [0.2, 0.25) is 0 Å². The first-order valence-corrected chi connectivity index (χ1v) is 5.20. The first-order chi connectivity index (χ1) is 8.90. The fraction of sp³-hybridized carbons (Fsp3) is 0.364. The van der Waals surface area contributed by atoms with Gasteiger partial charge in [-0.3, -0.25) is 0 Å². The van der Waals surface area contributed by atoms with E-state index in [-0.39, 0.29) is 5.75 Å². The Kier molecular flexibility index (Phi) is 4.85. The number of hydrogen-bond acceptors (Lipinski definition) is 4. The minimum absolute atomic E-state index is 0.144. The molecular formula is C11H13F3N2O3. The number of nitrogens with zero attached hydrogens (tertiary/aromatic N) is 1. The van der Waals surface area contributed by atoms with Crippen LogP contribution >= 0.6 is 0 Å². The maximum Gasteiger partial charge on any atom is 0.402 e. The number of ether oxygens (including phenoxy) is 2. The van der Waals surface area contributed by atoms with Gasteiger partial charge in [-0.25, -0.2) is 0 Å².